The summed E-state index contributed by atoms with van der Waals surface area (Å²) < 4.78 is 5.28. The van der Waals surface area contributed by atoms with Gasteiger partial charge >= 0.3 is 0 Å². The number of carbonyl (C=O) groups is 1. The van der Waals surface area contributed by atoms with Crippen molar-refractivity contribution in [3.63, 3.8) is 0 Å². The molecule has 0 bridgehead atoms. The molecule has 0 spiro atoms. The van der Waals surface area contributed by atoms with Crippen molar-refractivity contribution in [1.29, 1.82) is 0 Å². The van der Waals surface area contributed by atoms with E-state index in [1.54, 1.807) is 19.4 Å². The molecule has 2 rings (SSSR count). The van der Waals surface area contributed by atoms with Crippen molar-refractivity contribution >= 4 is 5.91 Å². The van der Waals surface area contributed by atoms with Crippen molar-refractivity contribution in [3.8, 4) is 5.75 Å². The smallest absolute Gasteiger partial charge is 0.253 e. The largest absolute Gasteiger partial charge is 0.496 e. The van der Waals surface area contributed by atoms with E-state index >= 15 is 0 Å². The number of nitrogens with one attached hydrogen (secondary N) is 2. The van der Waals surface area contributed by atoms with Crippen LogP contribution in [0.2, 0.25) is 0 Å². The lowest BCUT2D eigenvalue weighted by Crippen LogP contribution is -2.26. The van der Waals surface area contributed by atoms with Crippen LogP contribution in [0.15, 0.2) is 36.5 Å². The zero-order valence-electron chi connectivity index (χ0n) is 11.2. The Kier molecular flexibility index (Phi) is 4.23. The quantitative estimate of drug-likeness (QED) is 0.864. The molecule has 1 heterocycles. The molecule has 1 aromatic carbocycles. The molecule has 0 aliphatic carbocycles. The number of aromatic nitrogens is 1. The number of benzene rings is 1. The molecule has 0 aliphatic rings. The second-order valence-corrected chi connectivity index (χ2v) is 4.33. The van der Waals surface area contributed by atoms with E-state index in [0.29, 0.717) is 12.1 Å². The van der Waals surface area contributed by atoms with E-state index in [4.69, 9.17) is 4.74 Å². The predicted octanol–water partition coefficient (Wildman–Crippen LogP) is 2.30. The normalized spacial score (nSPS) is 10.2. The van der Waals surface area contributed by atoms with E-state index in [-0.39, 0.29) is 5.91 Å². The number of methoxy groups -OCH3 is 1. The highest BCUT2D eigenvalue weighted by Crippen LogP contribution is 2.17. The molecular formula is C15H18N2O2. The van der Waals surface area contributed by atoms with Gasteiger partial charge in [0.1, 0.15) is 5.75 Å². The fourth-order valence-corrected chi connectivity index (χ4v) is 2.01. The van der Waals surface area contributed by atoms with E-state index in [1.807, 2.05) is 31.2 Å². The number of amides is 1. The van der Waals surface area contributed by atoms with E-state index in [0.717, 1.165) is 23.4 Å². The number of carbonyl (C=O) groups excluding carboxylic acids is 1. The molecule has 100 valence electrons. The molecule has 4 heteroatoms. The highest BCUT2D eigenvalue weighted by atomic mass is 16.5. The third kappa shape index (κ3) is 3.16. The van der Waals surface area contributed by atoms with E-state index in [9.17, 15) is 4.79 Å². The molecule has 0 atom stereocenters. The Hall–Kier alpha value is -2.23. The minimum Gasteiger partial charge on any atom is -0.496 e. The molecule has 0 radical (unpaired) electrons. The highest BCUT2D eigenvalue weighted by Gasteiger charge is 2.09. The van der Waals surface area contributed by atoms with Crippen LogP contribution in [0, 0.1) is 6.92 Å². The number of para-hydroxylation sites is 1. The molecular weight excluding hydrogens is 240 g/mol. The van der Waals surface area contributed by atoms with Crippen molar-refractivity contribution in [2.45, 2.75) is 13.3 Å². The van der Waals surface area contributed by atoms with Crippen molar-refractivity contribution in [1.82, 2.24) is 10.3 Å². The van der Waals surface area contributed by atoms with Crippen molar-refractivity contribution in [2.24, 2.45) is 0 Å². The summed E-state index contributed by atoms with van der Waals surface area (Å²) >= 11 is 0. The fourth-order valence-electron chi connectivity index (χ4n) is 2.01. The first-order valence-electron chi connectivity index (χ1n) is 6.26. The van der Waals surface area contributed by atoms with Gasteiger partial charge in [-0.3, -0.25) is 4.79 Å². The SMILES string of the molecule is COc1ccccc1CCNC(=O)c1cc[nH]c1C. The van der Waals surface area contributed by atoms with Crippen molar-refractivity contribution < 1.29 is 9.53 Å². The Balaban J connectivity index is 1.90. The van der Waals surface area contributed by atoms with E-state index in [1.165, 1.54) is 0 Å². The second kappa shape index (κ2) is 6.09. The number of H-pyrrole nitrogens is 1. The summed E-state index contributed by atoms with van der Waals surface area (Å²) in [6.07, 6.45) is 2.52. The van der Waals surface area contributed by atoms with Crippen LogP contribution in [-0.2, 0) is 6.42 Å². The third-order valence-electron chi connectivity index (χ3n) is 3.07. The number of aromatic amines is 1. The Morgan fingerprint density at radius 2 is 2.11 bits per heavy atom. The van der Waals surface area contributed by atoms with Gasteiger partial charge in [-0.1, -0.05) is 18.2 Å². The van der Waals surface area contributed by atoms with Gasteiger partial charge in [0.05, 0.1) is 12.7 Å². The monoisotopic (exact) mass is 258 g/mol. The predicted molar refractivity (Wildman–Crippen MR) is 74.6 cm³/mol. The van der Waals surface area contributed by atoms with Gasteiger partial charge in [0.25, 0.3) is 5.91 Å². The van der Waals surface area contributed by atoms with Gasteiger partial charge in [0, 0.05) is 18.4 Å². The van der Waals surface area contributed by atoms with Crippen LogP contribution in [0.1, 0.15) is 21.6 Å². The first-order chi connectivity index (χ1) is 9.22. The molecule has 0 aliphatic heterocycles. The maximum Gasteiger partial charge on any atom is 0.253 e. The Morgan fingerprint density at radius 3 is 2.79 bits per heavy atom. The summed E-state index contributed by atoms with van der Waals surface area (Å²) in [5, 5.41) is 2.91. The molecule has 0 fully saturated rings. The van der Waals surface area contributed by atoms with Crippen LogP contribution in [0.25, 0.3) is 0 Å². The number of hydrogen-bond donors (Lipinski definition) is 2. The third-order valence-corrected chi connectivity index (χ3v) is 3.07. The molecule has 1 aromatic heterocycles. The van der Waals surface area contributed by atoms with Gasteiger partial charge in [-0.05, 0) is 31.0 Å². The summed E-state index contributed by atoms with van der Waals surface area (Å²) in [7, 11) is 1.65. The van der Waals surface area contributed by atoms with Gasteiger partial charge in [-0.2, -0.15) is 0 Å². The number of rotatable bonds is 5. The Labute approximate surface area is 112 Å². The van der Waals surface area contributed by atoms with Crippen molar-refractivity contribution in [2.75, 3.05) is 13.7 Å². The van der Waals surface area contributed by atoms with Gasteiger partial charge < -0.3 is 15.0 Å². The van der Waals surface area contributed by atoms with Gasteiger partial charge in [0.2, 0.25) is 0 Å². The summed E-state index contributed by atoms with van der Waals surface area (Å²) in [5.74, 6) is 0.809. The van der Waals surface area contributed by atoms with Crippen LogP contribution in [0.5, 0.6) is 5.75 Å². The summed E-state index contributed by atoms with van der Waals surface area (Å²) in [5.41, 5.74) is 2.67. The molecule has 1 amide bonds. The summed E-state index contributed by atoms with van der Waals surface area (Å²) in [6.45, 7) is 2.47. The molecule has 4 nitrogen and oxygen atoms in total. The number of aryl methyl sites for hydroxylation is 1. The Morgan fingerprint density at radius 1 is 1.32 bits per heavy atom. The van der Waals surface area contributed by atoms with Crippen molar-refractivity contribution in [3.05, 3.63) is 53.3 Å². The minimum atomic E-state index is -0.0475. The molecule has 2 aromatic rings. The maximum atomic E-state index is 11.9. The van der Waals surface area contributed by atoms with Gasteiger partial charge in [-0.25, -0.2) is 0 Å². The number of hydrogen-bond acceptors (Lipinski definition) is 2. The van der Waals surface area contributed by atoms with Gasteiger partial charge in [-0.15, -0.1) is 0 Å². The van der Waals surface area contributed by atoms with Crippen LogP contribution in [-0.4, -0.2) is 24.5 Å². The molecule has 19 heavy (non-hydrogen) atoms. The highest BCUT2D eigenvalue weighted by molar-refractivity contribution is 5.95. The zero-order chi connectivity index (χ0) is 13.7. The zero-order valence-corrected chi connectivity index (χ0v) is 11.2. The lowest BCUT2D eigenvalue weighted by atomic mass is 10.1. The lowest BCUT2D eigenvalue weighted by molar-refractivity contribution is 0.0953. The van der Waals surface area contributed by atoms with Crippen LogP contribution < -0.4 is 10.1 Å². The second-order valence-electron chi connectivity index (χ2n) is 4.33. The van der Waals surface area contributed by atoms with E-state index < -0.39 is 0 Å². The lowest BCUT2D eigenvalue weighted by Gasteiger charge is -2.09. The average molecular weight is 258 g/mol. The maximum absolute atomic E-state index is 11.9. The standard InChI is InChI=1S/C15H18N2O2/c1-11-13(8-10-16-11)15(18)17-9-7-12-5-3-4-6-14(12)19-2/h3-6,8,10,16H,7,9H2,1-2H3,(H,17,18). The summed E-state index contributed by atoms with van der Waals surface area (Å²) in [6, 6.07) is 9.62. The van der Waals surface area contributed by atoms with Crippen LogP contribution in [0.4, 0.5) is 0 Å². The molecule has 2 N–H and O–H groups in total. The molecule has 0 unspecified atom stereocenters. The first kappa shape index (κ1) is 13.2. The minimum absolute atomic E-state index is 0.0475. The molecule has 0 saturated heterocycles. The van der Waals surface area contributed by atoms with Crippen LogP contribution >= 0.6 is 0 Å². The molecule has 0 saturated carbocycles. The van der Waals surface area contributed by atoms with Crippen LogP contribution in [0.3, 0.4) is 0 Å². The Bertz CT molecular complexity index is 561. The topological polar surface area (TPSA) is 54.1 Å². The number of ether oxygens (including phenoxy) is 1. The summed E-state index contributed by atoms with van der Waals surface area (Å²) in [4.78, 5) is 14.9. The van der Waals surface area contributed by atoms with E-state index in [2.05, 4.69) is 10.3 Å². The first-order valence-corrected chi connectivity index (χ1v) is 6.26. The fraction of sp³-hybridized carbons (Fsp3) is 0.267. The van der Waals surface area contributed by atoms with Gasteiger partial charge in [0.15, 0.2) is 0 Å². The average Bonchev–Trinajstić information content (AvgIpc) is 2.85.